The second kappa shape index (κ2) is 2.74. The predicted octanol–water partition coefficient (Wildman–Crippen LogP) is -0.106. The summed E-state index contributed by atoms with van der Waals surface area (Å²) in [4.78, 5) is 42.6. The molecule has 0 saturated carbocycles. The molecule has 2 aromatic rings. The average Bonchev–Trinajstić information content (AvgIpc) is 2.53. The molecule has 2 N–H and O–H groups in total. The van der Waals surface area contributed by atoms with Crippen LogP contribution in [0.15, 0.2) is 9.59 Å². The van der Waals surface area contributed by atoms with Gasteiger partial charge in [0.2, 0.25) is 10.9 Å². The van der Waals surface area contributed by atoms with Crippen molar-refractivity contribution in [1.29, 1.82) is 0 Å². The van der Waals surface area contributed by atoms with Crippen molar-refractivity contribution in [2.24, 2.45) is 0 Å². The molecule has 0 aliphatic heterocycles. The van der Waals surface area contributed by atoms with Gasteiger partial charge in [0.25, 0.3) is 0 Å². The van der Waals surface area contributed by atoms with E-state index in [9.17, 15) is 19.2 Å². The fourth-order valence-corrected chi connectivity index (χ4v) is 2.30. The Morgan fingerprint density at radius 3 is 1.47 bits per heavy atom. The molecule has 1 aromatic heterocycles. The fourth-order valence-electron chi connectivity index (χ4n) is 1.33. The zero-order chi connectivity index (χ0) is 11.3. The minimum Gasteiger partial charge on any atom is -0.477 e. The standard InChI is InChI=1S/C8H2O6S/c9-3-1-2(4(3)10)6(8(13)14)15-5(1)7(11)12/h(H,11,12)(H,13,14). The largest absolute Gasteiger partial charge is 0.477 e. The number of carbonyl (C=O) groups is 2. The topological polar surface area (TPSA) is 109 Å². The monoisotopic (exact) mass is 226 g/mol. The number of carboxylic acids is 2. The summed E-state index contributed by atoms with van der Waals surface area (Å²) in [6, 6.07) is 0. The molecule has 6 nitrogen and oxygen atoms in total. The normalized spacial score (nSPS) is 10.9. The predicted molar refractivity (Wildman–Crippen MR) is 50.7 cm³/mol. The number of hydrogen-bond donors (Lipinski definition) is 2. The maximum Gasteiger partial charge on any atom is 0.346 e. The molecule has 2 rings (SSSR count). The zero-order valence-corrected chi connectivity index (χ0v) is 7.75. The van der Waals surface area contributed by atoms with Crippen LogP contribution in [0, 0.1) is 0 Å². The molecule has 0 saturated heterocycles. The molecule has 0 spiro atoms. The van der Waals surface area contributed by atoms with E-state index in [1.54, 1.807) is 0 Å². The number of aromatic carboxylic acids is 2. The van der Waals surface area contributed by atoms with Crippen LogP contribution in [-0.4, -0.2) is 22.2 Å². The number of rotatable bonds is 2. The molecule has 0 fully saturated rings. The Bertz CT molecular complexity index is 612. The number of carboxylic acid groups (broad SMARTS) is 2. The summed E-state index contributed by atoms with van der Waals surface area (Å²) in [5, 5.41) is 16.8. The van der Waals surface area contributed by atoms with E-state index in [0.717, 1.165) is 0 Å². The first-order valence-corrected chi connectivity index (χ1v) is 4.49. The third-order valence-electron chi connectivity index (χ3n) is 1.96. The minimum atomic E-state index is -1.40. The number of thiophene rings is 1. The molecule has 7 heteroatoms. The van der Waals surface area contributed by atoms with Crippen molar-refractivity contribution in [3.63, 3.8) is 0 Å². The van der Waals surface area contributed by atoms with Gasteiger partial charge in [-0.3, -0.25) is 9.59 Å². The summed E-state index contributed by atoms with van der Waals surface area (Å²) in [6.45, 7) is 0. The summed E-state index contributed by atoms with van der Waals surface area (Å²) in [5.41, 5.74) is -1.85. The van der Waals surface area contributed by atoms with E-state index in [0.29, 0.717) is 11.3 Å². The van der Waals surface area contributed by atoms with E-state index < -0.39 is 22.8 Å². The Kier molecular flexibility index (Phi) is 1.74. The molecule has 1 aromatic carbocycles. The maximum atomic E-state index is 11.0. The van der Waals surface area contributed by atoms with Gasteiger partial charge < -0.3 is 10.2 Å². The van der Waals surface area contributed by atoms with Crippen molar-refractivity contribution in [2.75, 3.05) is 0 Å². The second-order valence-electron chi connectivity index (χ2n) is 2.78. The molecule has 0 aliphatic rings. The van der Waals surface area contributed by atoms with Gasteiger partial charge in [-0.2, -0.15) is 0 Å². The molecule has 0 aliphatic carbocycles. The molecule has 15 heavy (non-hydrogen) atoms. The van der Waals surface area contributed by atoms with Crippen LogP contribution in [0.2, 0.25) is 0 Å². The summed E-state index contributed by atoms with van der Waals surface area (Å²) >= 11 is 0.432. The van der Waals surface area contributed by atoms with Crippen molar-refractivity contribution in [3.05, 3.63) is 30.2 Å². The number of fused-ring (bicyclic) bond motifs is 1. The molecule has 1 heterocycles. The van der Waals surface area contributed by atoms with Crippen LogP contribution in [0.3, 0.4) is 0 Å². The summed E-state index contributed by atoms with van der Waals surface area (Å²) < 4.78 is 0. The third kappa shape index (κ3) is 1.03. The van der Waals surface area contributed by atoms with Gasteiger partial charge in [-0.25, -0.2) is 9.59 Å². The summed E-state index contributed by atoms with van der Waals surface area (Å²) in [6.07, 6.45) is 0. The third-order valence-corrected chi connectivity index (χ3v) is 3.12. The number of hydrogen-bond acceptors (Lipinski definition) is 5. The molecule has 76 valence electrons. The Labute approximate surface area is 84.7 Å². The van der Waals surface area contributed by atoms with E-state index >= 15 is 0 Å². The van der Waals surface area contributed by atoms with Crippen LogP contribution < -0.4 is 10.9 Å². The highest BCUT2D eigenvalue weighted by molar-refractivity contribution is 7.17. The van der Waals surface area contributed by atoms with Crippen molar-refractivity contribution < 1.29 is 19.8 Å². The first kappa shape index (κ1) is 9.53. The Hall–Kier alpha value is -2.02. The molecule has 0 amide bonds. The van der Waals surface area contributed by atoms with Gasteiger partial charge in [-0.15, -0.1) is 11.3 Å². The molecule has 0 bridgehead atoms. The van der Waals surface area contributed by atoms with Gasteiger partial charge in [0.1, 0.15) is 9.75 Å². The lowest BCUT2D eigenvalue weighted by Gasteiger charge is -1.92. The van der Waals surface area contributed by atoms with E-state index in [2.05, 4.69) is 0 Å². The quantitative estimate of drug-likeness (QED) is 0.691. The Morgan fingerprint density at radius 1 is 0.867 bits per heavy atom. The Morgan fingerprint density at radius 2 is 1.20 bits per heavy atom. The second-order valence-corrected chi connectivity index (χ2v) is 3.80. The van der Waals surface area contributed by atoms with Crippen LogP contribution in [-0.2, 0) is 0 Å². The lowest BCUT2D eigenvalue weighted by molar-refractivity contribution is 0.0695. The van der Waals surface area contributed by atoms with Crippen molar-refractivity contribution in [2.45, 2.75) is 0 Å². The van der Waals surface area contributed by atoms with Gasteiger partial charge in [0.15, 0.2) is 0 Å². The van der Waals surface area contributed by atoms with Crippen LogP contribution in [0.25, 0.3) is 10.8 Å². The van der Waals surface area contributed by atoms with E-state index in [4.69, 9.17) is 10.2 Å². The average molecular weight is 226 g/mol. The first-order chi connectivity index (χ1) is 6.95. The van der Waals surface area contributed by atoms with Crippen molar-refractivity contribution in [3.8, 4) is 0 Å². The van der Waals surface area contributed by atoms with Gasteiger partial charge in [-0.05, 0) is 0 Å². The van der Waals surface area contributed by atoms with Crippen molar-refractivity contribution >= 4 is 34.0 Å². The summed E-state index contributed by atoms with van der Waals surface area (Å²) in [5.74, 6) is -2.80. The SMILES string of the molecule is O=C(O)c1sc(C(=O)O)c2c(=O)c(=O)c12. The highest BCUT2D eigenvalue weighted by Gasteiger charge is 2.29. The van der Waals surface area contributed by atoms with E-state index in [1.165, 1.54) is 0 Å². The smallest absolute Gasteiger partial charge is 0.346 e. The first-order valence-electron chi connectivity index (χ1n) is 3.67. The lowest BCUT2D eigenvalue weighted by Crippen LogP contribution is -2.31. The molecule has 0 radical (unpaired) electrons. The minimum absolute atomic E-state index is 0.269. The van der Waals surface area contributed by atoms with E-state index in [-0.39, 0.29) is 20.5 Å². The Balaban J connectivity index is 2.94. The van der Waals surface area contributed by atoms with Crippen molar-refractivity contribution in [1.82, 2.24) is 0 Å². The van der Waals surface area contributed by atoms with Crippen LogP contribution >= 0.6 is 11.3 Å². The van der Waals surface area contributed by atoms with Gasteiger partial charge in [0, 0.05) is 0 Å². The van der Waals surface area contributed by atoms with Gasteiger partial charge in [0.05, 0.1) is 10.8 Å². The lowest BCUT2D eigenvalue weighted by atomic mass is 10.1. The zero-order valence-electron chi connectivity index (χ0n) is 6.94. The van der Waals surface area contributed by atoms with Crippen LogP contribution in [0.4, 0.5) is 0 Å². The van der Waals surface area contributed by atoms with Crippen LogP contribution in [0.5, 0.6) is 0 Å². The molecular weight excluding hydrogens is 224 g/mol. The molecule has 0 atom stereocenters. The fraction of sp³-hybridized carbons (Fsp3) is 0. The van der Waals surface area contributed by atoms with Crippen LogP contribution in [0.1, 0.15) is 19.3 Å². The summed E-state index contributed by atoms with van der Waals surface area (Å²) in [7, 11) is 0. The molecule has 0 unspecified atom stereocenters. The maximum absolute atomic E-state index is 11.0. The highest BCUT2D eigenvalue weighted by atomic mass is 32.1. The van der Waals surface area contributed by atoms with E-state index in [1.807, 2.05) is 0 Å². The van der Waals surface area contributed by atoms with Gasteiger partial charge >= 0.3 is 11.9 Å². The highest BCUT2D eigenvalue weighted by Crippen LogP contribution is 2.28. The van der Waals surface area contributed by atoms with Gasteiger partial charge in [-0.1, -0.05) is 0 Å². The molecular formula is C8H2O6S.